The molecule has 0 amide bonds. The molecule has 0 saturated heterocycles. The number of thioether (sulfide) groups is 1. The largest absolute Gasteiger partial charge is 0.478 e. The molecule has 19 heavy (non-hydrogen) atoms. The number of carboxylic acid groups (broad SMARTS) is 1. The smallest absolute Gasteiger partial charge is 0.330 e. The average molecular weight is 346 g/mol. The normalized spacial score (nSPS) is 8.21. The van der Waals surface area contributed by atoms with Gasteiger partial charge in [-0.2, -0.15) is 37.0 Å². The highest BCUT2D eigenvalue weighted by atomic mass is 32.2. The summed E-state index contributed by atoms with van der Waals surface area (Å²) in [6.45, 7) is 7.00. The second-order valence-electron chi connectivity index (χ2n) is 2.90. The quantitative estimate of drug-likeness (QED) is 0.257. The van der Waals surface area contributed by atoms with Crippen molar-refractivity contribution in [1.29, 1.82) is 0 Å². The van der Waals surface area contributed by atoms with Gasteiger partial charge in [-0.25, -0.2) is 4.79 Å². The predicted molar refractivity (Wildman–Crippen MR) is 95.9 cm³/mol. The number of carbonyl (C=O) groups is 1. The van der Waals surface area contributed by atoms with Crippen molar-refractivity contribution in [3.8, 4) is 0 Å². The minimum atomic E-state index is -0.935. The molecule has 0 radical (unpaired) electrons. The van der Waals surface area contributed by atoms with E-state index in [0.717, 1.165) is 23.0 Å². The molecule has 4 nitrogen and oxygen atoms in total. The molecule has 0 aromatic heterocycles. The molecule has 0 aliphatic rings. The summed E-state index contributed by atoms with van der Waals surface area (Å²) in [5, 5.41) is 8.01. The molecule has 0 spiro atoms. The lowest BCUT2D eigenvalue weighted by Crippen LogP contribution is -2.11. The van der Waals surface area contributed by atoms with Crippen LogP contribution in [0.2, 0.25) is 0 Å². The van der Waals surface area contributed by atoms with E-state index in [-0.39, 0.29) is 10.7 Å². The number of carboxylic acids is 1. The van der Waals surface area contributed by atoms with E-state index in [4.69, 9.17) is 10.8 Å². The Morgan fingerprint density at radius 1 is 1.42 bits per heavy atom. The van der Waals surface area contributed by atoms with E-state index in [1.165, 1.54) is 6.92 Å². The Hall–Kier alpha value is -0.0500. The van der Waals surface area contributed by atoms with E-state index < -0.39 is 5.97 Å². The molecule has 3 N–H and O–H groups in total. The molecule has 0 fully saturated rings. The van der Waals surface area contributed by atoms with Crippen LogP contribution in [0.5, 0.6) is 0 Å². The molecule has 0 bridgehead atoms. The van der Waals surface area contributed by atoms with Crippen molar-refractivity contribution in [1.82, 2.24) is 0 Å². The lowest BCUT2D eigenvalue weighted by atomic mass is 10.4. The highest BCUT2D eigenvalue weighted by molar-refractivity contribution is 8.00. The van der Waals surface area contributed by atoms with Crippen molar-refractivity contribution < 1.29 is 14.6 Å². The lowest BCUT2D eigenvalue weighted by molar-refractivity contribution is -0.132. The molecular weight excluding hydrogens is 322 g/mol. The molecule has 0 unspecified atom stereocenters. The Morgan fingerprint density at radius 3 is 1.89 bits per heavy atom. The van der Waals surface area contributed by atoms with Gasteiger partial charge in [-0.1, -0.05) is 6.58 Å². The zero-order chi connectivity index (χ0) is 15.7. The number of hydrogen-bond donors (Lipinski definition) is 4. The van der Waals surface area contributed by atoms with Gasteiger partial charge < -0.3 is 15.6 Å². The Bertz CT molecular complexity index is 234. The molecule has 0 saturated carbocycles. The van der Waals surface area contributed by atoms with Gasteiger partial charge >= 0.3 is 5.97 Å². The molecule has 0 aliphatic carbocycles. The number of ether oxygens (including phenoxy) is 1. The van der Waals surface area contributed by atoms with Gasteiger partial charge in [-0.15, -0.1) is 0 Å². The standard InChI is InChI=1S/C4H6O2.C4H10S3.C3H7NOS/c1-3(2)4(5)6;5-1-3-7-4-2-6;1-2-5-3(4)6/h1H2,2H3,(H,5,6);5-6H,1-4H2;2H2,1H3,(H2,4,6). The summed E-state index contributed by atoms with van der Waals surface area (Å²) in [5.74, 6) is 3.35. The molecule has 0 aromatic rings. The molecule has 0 aromatic carbocycles. The molecule has 0 rings (SSSR count). The third-order valence-electron chi connectivity index (χ3n) is 1.12. The first-order valence-corrected chi connectivity index (χ1v) is 8.26. The maximum Gasteiger partial charge on any atom is 0.330 e. The van der Waals surface area contributed by atoms with Crippen LogP contribution in [0, 0.1) is 0 Å². The van der Waals surface area contributed by atoms with E-state index in [2.05, 4.69) is 48.8 Å². The number of thiocarbonyl (C=S) groups is 1. The predicted octanol–water partition coefficient (Wildman–Crippen LogP) is 2.49. The number of hydrogen-bond acceptors (Lipinski definition) is 6. The van der Waals surface area contributed by atoms with E-state index in [1.807, 2.05) is 18.7 Å². The third kappa shape index (κ3) is 38.1. The van der Waals surface area contributed by atoms with Gasteiger partial charge in [0.2, 0.25) is 0 Å². The Labute approximate surface area is 136 Å². The Balaban J connectivity index is -0.000000203. The van der Waals surface area contributed by atoms with Crippen LogP contribution >= 0.6 is 49.2 Å². The highest BCUT2D eigenvalue weighted by Crippen LogP contribution is 1.99. The molecule has 0 heterocycles. The Kier molecular flexibility index (Phi) is 25.6. The van der Waals surface area contributed by atoms with Crippen LogP contribution in [0.15, 0.2) is 12.2 Å². The summed E-state index contributed by atoms with van der Waals surface area (Å²) >= 11 is 14.3. The summed E-state index contributed by atoms with van der Waals surface area (Å²) in [7, 11) is 0. The van der Waals surface area contributed by atoms with Crippen LogP contribution in [-0.2, 0) is 9.53 Å². The van der Waals surface area contributed by atoms with E-state index in [1.54, 1.807) is 0 Å². The zero-order valence-electron chi connectivity index (χ0n) is 11.3. The summed E-state index contributed by atoms with van der Waals surface area (Å²) in [6, 6.07) is 0. The van der Waals surface area contributed by atoms with Crippen LogP contribution in [0.25, 0.3) is 0 Å². The monoisotopic (exact) mass is 345 g/mol. The fraction of sp³-hybridized carbons (Fsp3) is 0.636. The summed E-state index contributed by atoms with van der Waals surface area (Å²) in [4.78, 5) is 9.60. The topological polar surface area (TPSA) is 72.5 Å². The third-order valence-corrected chi connectivity index (χ3v) is 3.28. The van der Waals surface area contributed by atoms with Gasteiger partial charge in [0.25, 0.3) is 5.17 Å². The number of aliphatic carboxylic acids is 1. The molecule has 0 atom stereocenters. The molecule has 8 heteroatoms. The first-order chi connectivity index (χ1) is 8.83. The van der Waals surface area contributed by atoms with Gasteiger partial charge in [-0.3, -0.25) is 0 Å². The van der Waals surface area contributed by atoms with E-state index >= 15 is 0 Å². The number of rotatable bonds is 6. The minimum absolute atomic E-state index is 0.123. The van der Waals surface area contributed by atoms with Gasteiger partial charge in [-0.05, 0) is 37.6 Å². The fourth-order valence-electron chi connectivity index (χ4n) is 0.373. The molecule has 114 valence electrons. The number of thiol groups is 2. The van der Waals surface area contributed by atoms with Crippen molar-refractivity contribution in [2.45, 2.75) is 13.8 Å². The molecule has 0 aliphatic heterocycles. The summed E-state index contributed by atoms with van der Waals surface area (Å²) in [6.07, 6.45) is 0. The van der Waals surface area contributed by atoms with Crippen LogP contribution in [0.3, 0.4) is 0 Å². The van der Waals surface area contributed by atoms with Gasteiger partial charge in [0.1, 0.15) is 0 Å². The van der Waals surface area contributed by atoms with Crippen molar-refractivity contribution >= 4 is 60.4 Å². The van der Waals surface area contributed by atoms with Crippen molar-refractivity contribution in [2.24, 2.45) is 5.73 Å². The van der Waals surface area contributed by atoms with Crippen LogP contribution in [0.4, 0.5) is 0 Å². The van der Waals surface area contributed by atoms with Crippen molar-refractivity contribution in [3.05, 3.63) is 12.2 Å². The first kappa shape index (κ1) is 24.0. The lowest BCUT2D eigenvalue weighted by Gasteiger charge is -1.93. The van der Waals surface area contributed by atoms with Crippen LogP contribution in [-0.4, -0.2) is 45.9 Å². The fourth-order valence-corrected chi connectivity index (χ4v) is 1.73. The van der Waals surface area contributed by atoms with Crippen LogP contribution in [0.1, 0.15) is 13.8 Å². The van der Waals surface area contributed by atoms with E-state index in [0.29, 0.717) is 6.61 Å². The minimum Gasteiger partial charge on any atom is -0.478 e. The van der Waals surface area contributed by atoms with Crippen molar-refractivity contribution in [3.63, 3.8) is 0 Å². The average Bonchev–Trinajstić information content (AvgIpc) is 2.31. The van der Waals surface area contributed by atoms with Crippen molar-refractivity contribution in [2.75, 3.05) is 29.6 Å². The van der Waals surface area contributed by atoms with Crippen LogP contribution < -0.4 is 5.73 Å². The second kappa shape index (κ2) is 20.3. The van der Waals surface area contributed by atoms with Gasteiger partial charge in [0, 0.05) is 17.1 Å². The maximum atomic E-state index is 9.60. The second-order valence-corrected chi connectivity index (χ2v) is 5.42. The summed E-state index contributed by atoms with van der Waals surface area (Å²) < 4.78 is 4.55. The molecular formula is C11H23NO3S4. The highest BCUT2D eigenvalue weighted by Gasteiger charge is 1.90. The number of nitrogens with two attached hydrogens (primary N) is 1. The van der Waals surface area contributed by atoms with Gasteiger partial charge in [0.05, 0.1) is 6.61 Å². The zero-order valence-corrected chi connectivity index (χ0v) is 14.7. The first-order valence-electron chi connectivity index (χ1n) is 5.43. The summed E-state index contributed by atoms with van der Waals surface area (Å²) in [5.41, 5.74) is 5.09. The van der Waals surface area contributed by atoms with E-state index in [9.17, 15) is 4.79 Å². The maximum absolute atomic E-state index is 9.60. The SMILES string of the molecule is C=C(C)C(=O)O.CCOC(N)=S.SCCSCCS. The van der Waals surface area contributed by atoms with Gasteiger partial charge in [0.15, 0.2) is 0 Å². The Morgan fingerprint density at radius 2 is 1.79 bits per heavy atom.